The number of rotatable bonds is 8. The van der Waals surface area contributed by atoms with E-state index in [2.05, 4.69) is 10.5 Å². The van der Waals surface area contributed by atoms with Crippen molar-refractivity contribution in [1.29, 1.82) is 0 Å². The number of hydrogen-bond donors (Lipinski definition) is 1. The van der Waals surface area contributed by atoms with Crippen LogP contribution in [0, 0.1) is 10.1 Å². The van der Waals surface area contributed by atoms with E-state index < -0.39 is 16.8 Å². The second-order valence-electron chi connectivity index (χ2n) is 6.66. The molecular weight excluding hydrogens is 466 g/mol. The Hall–Kier alpha value is -4.44. The molecule has 1 amide bonds. The quantitative estimate of drug-likeness (QED) is 0.167. The molecule has 0 aliphatic rings. The number of ether oxygens (including phenoxy) is 3. The number of amides is 1. The molecule has 0 aliphatic heterocycles. The first-order valence-electron chi connectivity index (χ1n) is 9.64. The number of hydrazone groups is 1. The number of methoxy groups -OCH3 is 2. The van der Waals surface area contributed by atoms with Gasteiger partial charge in [0, 0.05) is 17.7 Å². The maximum Gasteiger partial charge on any atom is 0.343 e. The molecule has 0 atom stereocenters. The van der Waals surface area contributed by atoms with Crippen molar-refractivity contribution in [2.45, 2.75) is 0 Å². The Bertz CT molecular complexity index is 1260. The van der Waals surface area contributed by atoms with Crippen LogP contribution in [0.4, 0.5) is 5.69 Å². The lowest BCUT2D eigenvalue weighted by molar-refractivity contribution is -0.384. The molecule has 11 heteroatoms. The van der Waals surface area contributed by atoms with E-state index in [9.17, 15) is 19.7 Å². The highest BCUT2D eigenvalue weighted by molar-refractivity contribution is 6.32. The number of hydrogen-bond acceptors (Lipinski definition) is 8. The predicted octanol–water partition coefficient (Wildman–Crippen LogP) is 4.25. The van der Waals surface area contributed by atoms with Crippen LogP contribution in [0.5, 0.6) is 17.2 Å². The molecule has 0 spiro atoms. The van der Waals surface area contributed by atoms with E-state index in [1.165, 1.54) is 50.8 Å². The number of nitrogens with one attached hydrogen (secondary N) is 1. The number of carbonyl (C=O) groups is 2. The molecule has 10 nitrogen and oxygen atoms in total. The van der Waals surface area contributed by atoms with E-state index in [1.807, 2.05) is 0 Å². The van der Waals surface area contributed by atoms with Gasteiger partial charge < -0.3 is 14.2 Å². The summed E-state index contributed by atoms with van der Waals surface area (Å²) in [5.41, 5.74) is 2.85. The summed E-state index contributed by atoms with van der Waals surface area (Å²) in [4.78, 5) is 34.9. The molecule has 3 rings (SSSR count). The summed E-state index contributed by atoms with van der Waals surface area (Å²) in [7, 11) is 2.89. The first kappa shape index (κ1) is 24.2. The van der Waals surface area contributed by atoms with Crippen LogP contribution >= 0.6 is 11.6 Å². The minimum Gasteiger partial charge on any atom is -0.497 e. The monoisotopic (exact) mass is 483 g/mol. The Morgan fingerprint density at radius 2 is 1.76 bits per heavy atom. The van der Waals surface area contributed by atoms with Gasteiger partial charge in [0.15, 0.2) is 11.5 Å². The van der Waals surface area contributed by atoms with Gasteiger partial charge in [0.1, 0.15) is 5.75 Å². The summed E-state index contributed by atoms with van der Waals surface area (Å²) in [6.07, 6.45) is 1.29. The minimum atomic E-state index is -0.645. The van der Waals surface area contributed by atoms with E-state index >= 15 is 0 Å². The van der Waals surface area contributed by atoms with Gasteiger partial charge in [-0.2, -0.15) is 5.10 Å². The molecule has 0 radical (unpaired) electrons. The summed E-state index contributed by atoms with van der Waals surface area (Å²) < 4.78 is 15.7. The van der Waals surface area contributed by atoms with Crippen LogP contribution in [-0.4, -0.2) is 37.2 Å². The van der Waals surface area contributed by atoms with Crippen LogP contribution in [0.25, 0.3) is 0 Å². The SMILES string of the molecule is COc1ccc(C(=O)Oc2c(Cl)cc(C=NNC(=O)c3cccc([N+](=O)[O-])c3)cc2OC)cc1. The summed E-state index contributed by atoms with van der Waals surface area (Å²) in [5, 5.41) is 14.8. The van der Waals surface area contributed by atoms with Crippen molar-refractivity contribution < 1.29 is 28.7 Å². The fourth-order valence-electron chi connectivity index (χ4n) is 2.78. The van der Waals surface area contributed by atoms with Crippen molar-refractivity contribution in [2.24, 2.45) is 5.10 Å². The zero-order valence-electron chi connectivity index (χ0n) is 18.0. The van der Waals surface area contributed by atoms with E-state index in [1.54, 1.807) is 24.3 Å². The highest BCUT2D eigenvalue weighted by Crippen LogP contribution is 2.36. The van der Waals surface area contributed by atoms with Crippen molar-refractivity contribution >= 4 is 35.4 Å². The fourth-order valence-corrected chi connectivity index (χ4v) is 3.04. The number of nitro benzene ring substituents is 1. The summed E-state index contributed by atoms with van der Waals surface area (Å²) in [6.45, 7) is 0. The molecule has 0 heterocycles. The van der Waals surface area contributed by atoms with Crippen LogP contribution in [0.3, 0.4) is 0 Å². The van der Waals surface area contributed by atoms with Gasteiger partial charge >= 0.3 is 5.97 Å². The zero-order chi connectivity index (χ0) is 24.7. The molecule has 3 aromatic carbocycles. The molecule has 3 aromatic rings. The smallest absolute Gasteiger partial charge is 0.343 e. The van der Waals surface area contributed by atoms with Gasteiger partial charge in [-0.15, -0.1) is 0 Å². The standard InChI is InChI=1S/C23H18ClN3O7/c1-32-18-8-6-15(7-9-18)23(29)34-21-19(24)10-14(11-20(21)33-2)13-25-26-22(28)16-4-3-5-17(12-16)27(30)31/h3-13H,1-2H3,(H,26,28). The third kappa shape index (κ3) is 5.87. The molecule has 0 aliphatic carbocycles. The number of nitro groups is 1. The van der Waals surface area contributed by atoms with Crippen LogP contribution in [0.2, 0.25) is 5.02 Å². The van der Waals surface area contributed by atoms with Crippen LogP contribution < -0.4 is 19.6 Å². The third-order valence-electron chi connectivity index (χ3n) is 4.47. The molecule has 0 bridgehead atoms. The van der Waals surface area contributed by atoms with E-state index in [4.69, 9.17) is 25.8 Å². The van der Waals surface area contributed by atoms with Gasteiger partial charge in [0.25, 0.3) is 11.6 Å². The summed E-state index contributed by atoms with van der Waals surface area (Å²) in [5.74, 6) is -0.506. The Balaban J connectivity index is 1.73. The topological polar surface area (TPSA) is 129 Å². The summed E-state index contributed by atoms with van der Waals surface area (Å²) in [6, 6.07) is 14.5. The molecule has 0 unspecified atom stereocenters. The second-order valence-corrected chi connectivity index (χ2v) is 7.07. The number of nitrogens with zero attached hydrogens (tertiary/aromatic N) is 2. The van der Waals surface area contributed by atoms with Crippen molar-refractivity contribution in [3.8, 4) is 17.2 Å². The lowest BCUT2D eigenvalue weighted by Gasteiger charge is -2.12. The zero-order valence-corrected chi connectivity index (χ0v) is 18.7. The van der Waals surface area contributed by atoms with Crippen LogP contribution in [-0.2, 0) is 0 Å². The molecule has 0 saturated heterocycles. The van der Waals surface area contributed by atoms with Crippen molar-refractivity contribution in [3.63, 3.8) is 0 Å². The first-order chi connectivity index (χ1) is 16.3. The van der Waals surface area contributed by atoms with Crippen LogP contribution in [0.1, 0.15) is 26.3 Å². The normalized spacial score (nSPS) is 10.6. The Morgan fingerprint density at radius 1 is 1.03 bits per heavy atom. The highest BCUT2D eigenvalue weighted by atomic mass is 35.5. The van der Waals surface area contributed by atoms with Gasteiger partial charge in [-0.05, 0) is 48.0 Å². The average molecular weight is 484 g/mol. The Morgan fingerprint density at radius 3 is 2.41 bits per heavy atom. The number of carbonyl (C=O) groups excluding carboxylic acids is 2. The Kier molecular flexibility index (Phi) is 7.78. The molecule has 1 N–H and O–H groups in total. The number of benzene rings is 3. The summed E-state index contributed by atoms with van der Waals surface area (Å²) >= 11 is 6.29. The molecule has 34 heavy (non-hydrogen) atoms. The van der Waals surface area contributed by atoms with Crippen molar-refractivity contribution in [3.05, 3.63) is 92.5 Å². The van der Waals surface area contributed by atoms with Gasteiger partial charge in [0.05, 0.1) is 35.9 Å². The number of non-ortho nitro benzene ring substituents is 1. The largest absolute Gasteiger partial charge is 0.497 e. The highest BCUT2D eigenvalue weighted by Gasteiger charge is 2.17. The predicted molar refractivity (Wildman–Crippen MR) is 124 cm³/mol. The molecule has 0 fully saturated rings. The molecule has 0 aromatic heterocycles. The van der Waals surface area contributed by atoms with E-state index in [0.717, 1.165) is 6.07 Å². The van der Waals surface area contributed by atoms with Gasteiger partial charge in [-0.1, -0.05) is 17.7 Å². The van der Waals surface area contributed by atoms with Crippen molar-refractivity contribution in [2.75, 3.05) is 14.2 Å². The number of esters is 1. The van der Waals surface area contributed by atoms with E-state index in [0.29, 0.717) is 11.3 Å². The Labute approximate surface area is 198 Å². The minimum absolute atomic E-state index is 0.0164. The second kappa shape index (κ2) is 10.9. The first-order valence-corrected chi connectivity index (χ1v) is 10.0. The molecular formula is C23H18ClN3O7. The average Bonchev–Trinajstić information content (AvgIpc) is 2.85. The number of halogens is 1. The maximum absolute atomic E-state index is 12.5. The van der Waals surface area contributed by atoms with Gasteiger partial charge in [-0.3, -0.25) is 14.9 Å². The van der Waals surface area contributed by atoms with Gasteiger partial charge in [0.2, 0.25) is 0 Å². The lowest BCUT2D eigenvalue weighted by Crippen LogP contribution is -2.17. The third-order valence-corrected chi connectivity index (χ3v) is 4.75. The lowest BCUT2D eigenvalue weighted by atomic mass is 10.2. The maximum atomic E-state index is 12.5. The van der Waals surface area contributed by atoms with Crippen LogP contribution in [0.15, 0.2) is 65.8 Å². The fraction of sp³-hybridized carbons (Fsp3) is 0.0870. The molecule has 174 valence electrons. The van der Waals surface area contributed by atoms with Gasteiger partial charge in [-0.25, -0.2) is 10.2 Å². The van der Waals surface area contributed by atoms with Crippen molar-refractivity contribution in [1.82, 2.24) is 5.43 Å². The van der Waals surface area contributed by atoms with E-state index in [-0.39, 0.29) is 33.3 Å². The molecule has 0 saturated carbocycles.